The van der Waals surface area contributed by atoms with Crippen molar-refractivity contribution in [3.05, 3.63) is 12.2 Å². The van der Waals surface area contributed by atoms with Gasteiger partial charge >= 0.3 is 11.9 Å². The molecule has 0 amide bonds. The first kappa shape index (κ1) is 12.4. The third-order valence-electron chi connectivity index (χ3n) is 2.68. The summed E-state index contributed by atoms with van der Waals surface area (Å²) >= 11 is 6.19. The van der Waals surface area contributed by atoms with E-state index in [2.05, 4.69) is 0 Å². The molecule has 0 aromatic heterocycles. The van der Waals surface area contributed by atoms with Crippen LogP contribution < -0.4 is 0 Å². The van der Waals surface area contributed by atoms with Crippen molar-refractivity contribution >= 4 is 23.5 Å². The molecule has 2 aliphatic heterocycles. The molecule has 5 atom stereocenters. The minimum Gasteiger partial charge on any atom is -0.458 e. The summed E-state index contributed by atoms with van der Waals surface area (Å²) in [5.41, 5.74) is 0. The molecule has 1 unspecified atom stereocenters. The monoisotopic (exact) mass is 260 g/mol. The number of esters is 2. The Balaban J connectivity index is 2.15. The molecule has 0 saturated carbocycles. The third kappa shape index (κ3) is 2.45. The zero-order valence-corrected chi connectivity index (χ0v) is 10.2. The highest BCUT2D eigenvalue weighted by Gasteiger charge is 2.49. The van der Waals surface area contributed by atoms with Crippen LogP contribution in [0.3, 0.4) is 0 Å². The number of hydrogen-bond acceptors (Lipinski definition) is 5. The lowest BCUT2D eigenvalue weighted by Crippen LogP contribution is -2.54. The molecule has 6 heteroatoms. The van der Waals surface area contributed by atoms with E-state index in [0.717, 1.165) is 0 Å². The Hall–Kier alpha value is -1.07. The molecule has 0 aromatic carbocycles. The molecule has 0 N–H and O–H groups in total. The second kappa shape index (κ2) is 4.66. The van der Waals surface area contributed by atoms with Crippen molar-refractivity contribution in [2.75, 3.05) is 0 Å². The van der Waals surface area contributed by atoms with Crippen molar-refractivity contribution in [3.8, 4) is 0 Å². The molecular weight excluding hydrogens is 248 g/mol. The van der Waals surface area contributed by atoms with E-state index < -0.39 is 29.5 Å². The number of ether oxygens (including phenoxy) is 3. The standard InChI is InChI=1S/C11H13ClO5/c1-5(13)15-10-7-3-4-8(17-7)11(9(10)12)16-6(2)14/h3-4,7-11H,1-2H3/t7-,8+,9?,10+,11-. The molecule has 5 nitrogen and oxygen atoms in total. The summed E-state index contributed by atoms with van der Waals surface area (Å²) in [7, 11) is 0. The van der Waals surface area contributed by atoms with Gasteiger partial charge in [-0.1, -0.05) is 12.2 Å². The van der Waals surface area contributed by atoms with Crippen molar-refractivity contribution in [3.63, 3.8) is 0 Å². The smallest absolute Gasteiger partial charge is 0.303 e. The molecule has 17 heavy (non-hydrogen) atoms. The van der Waals surface area contributed by atoms with Crippen LogP contribution in [0.25, 0.3) is 0 Å². The van der Waals surface area contributed by atoms with Gasteiger partial charge in [-0.2, -0.15) is 0 Å². The van der Waals surface area contributed by atoms with Gasteiger partial charge in [-0.3, -0.25) is 9.59 Å². The van der Waals surface area contributed by atoms with E-state index in [1.165, 1.54) is 13.8 Å². The summed E-state index contributed by atoms with van der Waals surface area (Å²) in [6, 6.07) is 0. The molecule has 2 bridgehead atoms. The number of carbonyl (C=O) groups is 2. The summed E-state index contributed by atoms with van der Waals surface area (Å²) < 4.78 is 15.8. The molecule has 94 valence electrons. The fraction of sp³-hybridized carbons (Fsp3) is 0.636. The van der Waals surface area contributed by atoms with E-state index in [1.54, 1.807) is 12.2 Å². The fourth-order valence-corrected chi connectivity index (χ4v) is 2.45. The van der Waals surface area contributed by atoms with E-state index in [-0.39, 0.29) is 12.2 Å². The van der Waals surface area contributed by atoms with Gasteiger partial charge in [0.1, 0.15) is 17.6 Å². The number of fused-ring (bicyclic) bond motifs is 2. The Morgan fingerprint density at radius 1 is 1.06 bits per heavy atom. The highest BCUT2D eigenvalue weighted by atomic mass is 35.5. The van der Waals surface area contributed by atoms with Gasteiger partial charge in [0.05, 0.1) is 0 Å². The fourth-order valence-electron chi connectivity index (χ4n) is 2.06. The van der Waals surface area contributed by atoms with Crippen LogP contribution in [0.2, 0.25) is 0 Å². The Kier molecular flexibility index (Phi) is 3.40. The number of alkyl halides is 1. The van der Waals surface area contributed by atoms with Gasteiger partial charge in [0.25, 0.3) is 0 Å². The van der Waals surface area contributed by atoms with Crippen LogP contribution in [0, 0.1) is 0 Å². The lowest BCUT2D eigenvalue weighted by Gasteiger charge is -2.38. The van der Waals surface area contributed by atoms with Gasteiger partial charge < -0.3 is 14.2 Å². The first-order chi connectivity index (χ1) is 7.99. The summed E-state index contributed by atoms with van der Waals surface area (Å²) in [5, 5.41) is -0.610. The Morgan fingerprint density at radius 3 is 1.82 bits per heavy atom. The number of rotatable bonds is 2. The van der Waals surface area contributed by atoms with Gasteiger partial charge in [0.2, 0.25) is 0 Å². The summed E-state index contributed by atoms with van der Waals surface area (Å²) in [5.74, 6) is -0.880. The first-order valence-corrected chi connectivity index (χ1v) is 5.75. The van der Waals surface area contributed by atoms with Crippen LogP contribution >= 0.6 is 11.6 Å². The molecule has 0 aliphatic carbocycles. The molecule has 2 rings (SSSR count). The molecule has 0 radical (unpaired) electrons. The first-order valence-electron chi connectivity index (χ1n) is 5.31. The average molecular weight is 261 g/mol. The number of carbonyl (C=O) groups excluding carboxylic acids is 2. The van der Waals surface area contributed by atoms with Crippen molar-refractivity contribution < 1.29 is 23.8 Å². The van der Waals surface area contributed by atoms with Crippen LogP contribution in [0.4, 0.5) is 0 Å². The molecule has 2 aliphatic rings. The maximum atomic E-state index is 11.0. The highest BCUT2D eigenvalue weighted by Crippen LogP contribution is 2.34. The lowest BCUT2D eigenvalue weighted by molar-refractivity contribution is -0.180. The minimum atomic E-state index is -0.631. The topological polar surface area (TPSA) is 61.8 Å². The Bertz CT molecular complexity index is 335. The molecule has 2 heterocycles. The van der Waals surface area contributed by atoms with E-state index >= 15 is 0 Å². The van der Waals surface area contributed by atoms with Gasteiger partial charge in [-0.25, -0.2) is 0 Å². The minimum absolute atomic E-state index is 0.363. The SMILES string of the molecule is CC(=O)O[C@@H]1C(Cl)[C@H](OC(C)=O)[C@@H]2C=C[C@H]1O2. The average Bonchev–Trinajstić information content (AvgIpc) is 2.65. The summed E-state index contributed by atoms with van der Waals surface area (Å²) in [6.07, 6.45) is 1.56. The van der Waals surface area contributed by atoms with Crippen LogP contribution in [-0.4, -0.2) is 41.7 Å². The predicted octanol–water partition coefficient (Wildman–Crippen LogP) is 0.794. The van der Waals surface area contributed by atoms with Gasteiger partial charge in [0.15, 0.2) is 12.2 Å². The number of hydrogen-bond donors (Lipinski definition) is 0. The largest absolute Gasteiger partial charge is 0.458 e. The van der Waals surface area contributed by atoms with Gasteiger partial charge in [-0.05, 0) is 0 Å². The maximum absolute atomic E-state index is 11.0. The molecule has 1 fully saturated rings. The van der Waals surface area contributed by atoms with E-state index in [9.17, 15) is 9.59 Å². The van der Waals surface area contributed by atoms with Crippen molar-refractivity contribution in [1.82, 2.24) is 0 Å². The van der Waals surface area contributed by atoms with Crippen molar-refractivity contribution in [2.24, 2.45) is 0 Å². The zero-order chi connectivity index (χ0) is 12.6. The Morgan fingerprint density at radius 2 is 1.47 bits per heavy atom. The zero-order valence-electron chi connectivity index (χ0n) is 9.46. The molecular formula is C11H13ClO5. The van der Waals surface area contributed by atoms with Crippen LogP contribution in [0.5, 0.6) is 0 Å². The third-order valence-corrected chi connectivity index (χ3v) is 3.18. The van der Waals surface area contributed by atoms with Crippen LogP contribution in [-0.2, 0) is 23.8 Å². The second-order valence-corrected chi connectivity index (χ2v) is 4.55. The van der Waals surface area contributed by atoms with Gasteiger partial charge in [0, 0.05) is 13.8 Å². The van der Waals surface area contributed by atoms with E-state index in [4.69, 9.17) is 25.8 Å². The van der Waals surface area contributed by atoms with Crippen LogP contribution in [0.15, 0.2) is 12.2 Å². The lowest BCUT2D eigenvalue weighted by atomic mass is 10.0. The van der Waals surface area contributed by atoms with E-state index in [0.29, 0.717) is 0 Å². The van der Waals surface area contributed by atoms with E-state index in [1.807, 2.05) is 0 Å². The summed E-state index contributed by atoms with van der Waals surface area (Å²) in [6.45, 7) is 2.60. The van der Waals surface area contributed by atoms with Gasteiger partial charge in [-0.15, -0.1) is 11.6 Å². The quantitative estimate of drug-likeness (QED) is 0.417. The highest BCUT2D eigenvalue weighted by molar-refractivity contribution is 6.21. The predicted molar refractivity (Wildman–Crippen MR) is 58.6 cm³/mol. The van der Waals surface area contributed by atoms with Crippen molar-refractivity contribution in [2.45, 2.75) is 43.6 Å². The second-order valence-electron chi connectivity index (χ2n) is 4.04. The van der Waals surface area contributed by atoms with Crippen LogP contribution in [0.1, 0.15) is 13.8 Å². The Labute approximate surface area is 104 Å². The normalized spacial score (nSPS) is 38.9. The molecule has 0 aromatic rings. The van der Waals surface area contributed by atoms with Crippen molar-refractivity contribution in [1.29, 1.82) is 0 Å². The summed E-state index contributed by atoms with van der Waals surface area (Å²) in [4.78, 5) is 22.0. The maximum Gasteiger partial charge on any atom is 0.303 e. The molecule has 1 saturated heterocycles. The molecule has 0 spiro atoms. The number of halogens is 1.